The number of fused-ring (bicyclic) bond motifs is 2. The molecule has 0 N–H and O–H groups in total. The molecule has 0 radical (unpaired) electrons. The van der Waals surface area contributed by atoms with Crippen LogP contribution in [0.25, 0.3) is 11.2 Å². The van der Waals surface area contributed by atoms with E-state index in [0.717, 1.165) is 28.5 Å². The summed E-state index contributed by atoms with van der Waals surface area (Å²) in [7, 11) is 2.24. The third-order valence-electron chi connectivity index (χ3n) is 4.77. The number of piperidine rings is 1. The summed E-state index contributed by atoms with van der Waals surface area (Å²) < 4.78 is 11.0. The van der Waals surface area contributed by atoms with Crippen molar-refractivity contribution in [1.82, 2.24) is 4.90 Å². The van der Waals surface area contributed by atoms with Gasteiger partial charge in [0.1, 0.15) is 12.2 Å². The Balaban J connectivity index is 0.000000196. The Morgan fingerprint density at radius 3 is 2.48 bits per heavy atom. The number of hydrogen-bond acceptors (Lipinski definition) is 3. The molecule has 0 saturated carbocycles. The highest BCUT2D eigenvalue weighted by Gasteiger charge is 2.15. The van der Waals surface area contributed by atoms with Gasteiger partial charge >= 0.3 is 0 Å². The van der Waals surface area contributed by atoms with Crippen LogP contribution < -0.4 is 4.74 Å². The van der Waals surface area contributed by atoms with Crippen LogP contribution in [0.2, 0.25) is 0 Å². The van der Waals surface area contributed by atoms with Crippen molar-refractivity contribution in [1.29, 1.82) is 0 Å². The third-order valence-corrected chi connectivity index (χ3v) is 4.77. The van der Waals surface area contributed by atoms with Crippen LogP contribution in [-0.2, 0) is 6.61 Å². The molecular formula is C21H28ClNO2. The Morgan fingerprint density at radius 2 is 1.92 bits per heavy atom. The lowest BCUT2D eigenvalue weighted by Crippen LogP contribution is -2.35. The van der Waals surface area contributed by atoms with E-state index in [2.05, 4.69) is 18.9 Å². The zero-order valence-electron chi connectivity index (χ0n) is 15.1. The quantitative estimate of drug-likeness (QED) is 0.591. The van der Waals surface area contributed by atoms with Crippen molar-refractivity contribution < 1.29 is 9.15 Å². The molecular weight excluding hydrogens is 334 g/mol. The zero-order valence-corrected chi connectivity index (χ0v) is 15.9. The first kappa shape index (κ1) is 19.6. The van der Waals surface area contributed by atoms with Gasteiger partial charge in [0.25, 0.3) is 0 Å². The lowest BCUT2D eigenvalue weighted by atomic mass is 10.0. The lowest BCUT2D eigenvalue weighted by Gasteiger charge is -2.31. The molecule has 1 unspecified atom stereocenters. The van der Waals surface area contributed by atoms with Crippen molar-refractivity contribution in [2.75, 3.05) is 13.6 Å². The highest BCUT2D eigenvalue weighted by atomic mass is 35.5. The normalized spacial score (nSPS) is 17.6. The van der Waals surface area contributed by atoms with Crippen molar-refractivity contribution in [3.8, 4) is 5.75 Å². The fourth-order valence-electron chi connectivity index (χ4n) is 3.27. The van der Waals surface area contributed by atoms with Gasteiger partial charge in [-0.1, -0.05) is 43.7 Å². The van der Waals surface area contributed by atoms with Gasteiger partial charge < -0.3 is 14.1 Å². The molecule has 1 aliphatic heterocycles. The highest BCUT2D eigenvalue weighted by molar-refractivity contribution is 5.85. The SMILES string of the molecule is CCC1CCCCN1C.Cl.c1ccc(COc2cc3ccc2o3)cc1. The van der Waals surface area contributed by atoms with Gasteiger partial charge in [-0.3, -0.25) is 0 Å². The van der Waals surface area contributed by atoms with Crippen molar-refractivity contribution >= 4 is 23.6 Å². The Bertz CT molecular complexity index is 713. The van der Waals surface area contributed by atoms with E-state index in [0.29, 0.717) is 6.61 Å². The topological polar surface area (TPSA) is 25.6 Å². The van der Waals surface area contributed by atoms with Crippen molar-refractivity contribution in [3.05, 3.63) is 54.1 Å². The molecule has 25 heavy (non-hydrogen) atoms. The van der Waals surface area contributed by atoms with Gasteiger partial charge in [0.2, 0.25) is 0 Å². The molecule has 3 nitrogen and oxygen atoms in total. The van der Waals surface area contributed by atoms with Gasteiger partial charge in [-0.05, 0) is 50.6 Å². The number of nitrogens with zero attached hydrogens (tertiary/aromatic N) is 1. The van der Waals surface area contributed by atoms with E-state index in [-0.39, 0.29) is 12.4 Å². The number of likely N-dealkylation sites (tertiary alicyclic amines) is 1. The number of hydrogen-bond donors (Lipinski definition) is 0. The Kier molecular flexibility index (Phi) is 7.60. The van der Waals surface area contributed by atoms with Crippen LogP contribution in [0.3, 0.4) is 0 Å². The van der Waals surface area contributed by atoms with Crippen molar-refractivity contribution in [3.63, 3.8) is 0 Å². The fourth-order valence-corrected chi connectivity index (χ4v) is 3.27. The summed E-state index contributed by atoms with van der Waals surface area (Å²) in [4.78, 5) is 2.49. The summed E-state index contributed by atoms with van der Waals surface area (Å²) in [6.45, 7) is 4.19. The summed E-state index contributed by atoms with van der Waals surface area (Å²) >= 11 is 0. The maximum absolute atomic E-state index is 5.65. The van der Waals surface area contributed by atoms with Gasteiger partial charge in [0.05, 0.1) is 0 Å². The number of rotatable bonds is 4. The van der Waals surface area contributed by atoms with Gasteiger partial charge in [-0.25, -0.2) is 0 Å². The Morgan fingerprint density at radius 1 is 1.12 bits per heavy atom. The Labute approximate surface area is 156 Å². The molecule has 2 bridgehead atoms. The molecule has 1 aliphatic rings. The zero-order chi connectivity index (χ0) is 16.8. The van der Waals surface area contributed by atoms with Crippen molar-refractivity contribution in [2.45, 2.75) is 45.3 Å². The molecule has 3 aromatic rings. The van der Waals surface area contributed by atoms with Crippen LogP contribution in [0.1, 0.15) is 38.2 Å². The maximum Gasteiger partial charge on any atom is 0.169 e. The number of furan rings is 2. The third kappa shape index (κ3) is 5.38. The van der Waals surface area contributed by atoms with E-state index in [1.165, 1.54) is 32.2 Å². The number of ether oxygens (including phenoxy) is 1. The summed E-state index contributed by atoms with van der Waals surface area (Å²) in [5, 5.41) is 0. The fraction of sp³-hybridized carbons (Fsp3) is 0.429. The summed E-state index contributed by atoms with van der Waals surface area (Å²) in [5.74, 6) is 0.830. The molecule has 136 valence electrons. The second kappa shape index (κ2) is 9.69. The van der Waals surface area contributed by atoms with Crippen LogP contribution in [-0.4, -0.2) is 24.5 Å². The van der Waals surface area contributed by atoms with E-state index < -0.39 is 0 Å². The minimum Gasteiger partial charge on any atom is -0.485 e. The first-order chi connectivity index (χ1) is 11.8. The second-order valence-corrected chi connectivity index (χ2v) is 6.52. The molecule has 1 aromatic carbocycles. The van der Waals surface area contributed by atoms with Crippen LogP contribution in [0.15, 0.2) is 52.9 Å². The highest BCUT2D eigenvalue weighted by Crippen LogP contribution is 2.29. The molecule has 2 aromatic heterocycles. The van der Waals surface area contributed by atoms with Gasteiger partial charge in [-0.15, -0.1) is 12.4 Å². The van der Waals surface area contributed by atoms with E-state index in [1.807, 2.05) is 48.5 Å². The first-order valence-corrected chi connectivity index (χ1v) is 8.95. The van der Waals surface area contributed by atoms with Crippen molar-refractivity contribution in [2.24, 2.45) is 0 Å². The van der Waals surface area contributed by atoms with E-state index >= 15 is 0 Å². The smallest absolute Gasteiger partial charge is 0.169 e. The molecule has 4 heteroatoms. The van der Waals surface area contributed by atoms with E-state index in [9.17, 15) is 0 Å². The van der Waals surface area contributed by atoms with Crippen LogP contribution in [0.5, 0.6) is 5.75 Å². The Hall–Kier alpha value is -1.71. The molecule has 1 fully saturated rings. The molecule has 1 saturated heterocycles. The van der Waals surface area contributed by atoms with E-state index in [4.69, 9.17) is 9.15 Å². The van der Waals surface area contributed by atoms with Crippen LogP contribution in [0, 0.1) is 0 Å². The average Bonchev–Trinajstić information content (AvgIpc) is 3.25. The molecule has 4 rings (SSSR count). The van der Waals surface area contributed by atoms with Gasteiger partial charge in [-0.2, -0.15) is 0 Å². The van der Waals surface area contributed by atoms with Gasteiger partial charge in [0.15, 0.2) is 11.3 Å². The first-order valence-electron chi connectivity index (χ1n) is 8.95. The minimum atomic E-state index is 0. The molecule has 3 heterocycles. The lowest BCUT2D eigenvalue weighted by molar-refractivity contribution is 0.181. The summed E-state index contributed by atoms with van der Waals surface area (Å²) in [6, 6.07) is 16.8. The molecule has 0 spiro atoms. The van der Waals surface area contributed by atoms with E-state index in [1.54, 1.807) is 0 Å². The number of halogens is 1. The second-order valence-electron chi connectivity index (χ2n) is 6.52. The number of benzene rings is 2. The van der Waals surface area contributed by atoms with Crippen LogP contribution >= 0.6 is 12.4 Å². The predicted molar refractivity (Wildman–Crippen MR) is 106 cm³/mol. The largest absolute Gasteiger partial charge is 0.485 e. The molecule has 0 aliphatic carbocycles. The monoisotopic (exact) mass is 361 g/mol. The maximum atomic E-state index is 5.65. The molecule has 1 atom stereocenters. The molecule has 0 amide bonds. The summed E-state index contributed by atoms with van der Waals surface area (Å²) in [6.07, 6.45) is 5.61. The minimum absolute atomic E-state index is 0. The average molecular weight is 362 g/mol. The van der Waals surface area contributed by atoms with Crippen LogP contribution in [0.4, 0.5) is 0 Å². The summed E-state index contributed by atoms with van der Waals surface area (Å²) in [5.41, 5.74) is 2.85. The predicted octanol–water partition coefficient (Wildman–Crippen LogP) is 5.75. The van der Waals surface area contributed by atoms with Gasteiger partial charge in [0, 0.05) is 12.1 Å². The standard InChI is InChI=1S/C13H10O2.C8H17N.ClH/c1-2-4-10(5-3-1)9-14-13-8-11-6-7-12(13)15-11;1-3-8-6-4-5-7-9(8)2;/h1-8H,9H2;8H,3-7H2,1-2H3;1H.